The lowest BCUT2D eigenvalue weighted by Gasteiger charge is -2.20. The number of aromatic nitrogens is 4. The molecule has 1 aromatic rings. The normalized spacial score (nSPS) is 20.7. The van der Waals surface area contributed by atoms with Crippen molar-refractivity contribution in [3.05, 3.63) is 0 Å². The van der Waals surface area contributed by atoms with Crippen molar-refractivity contribution < 1.29 is 4.79 Å². The zero-order valence-electron chi connectivity index (χ0n) is 12.4. The number of thioether (sulfide) groups is 1. The summed E-state index contributed by atoms with van der Waals surface area (Å²) in [6.07, 6.45) is 9.57. The molecule has 116 valence electrons. The van der Waals surface area contributed by atoms with Crippen molar-refractivity contribution in [1.29, 1.82) is 0 Å². The van der Waals surface area contributed by atoms with E-state index >= 15 is 0 Å². The van der Waals surface area contributed by atoms with Gasteiger partial charge in [-0.3, -0.25) is 4.79 Å². The Balaban J connectivity index is 1.54. The second-order valence-corrected chi connectivity index (χ2v) is 6.87. The van der Waals surface area contributed by atoms with Gasteiger partial charge in [0, 0.05) is 13.1 Å². The van der Waals surface area contributed by atoms with Crippen molar-refractivity contribution in [3.63, 3.8) is 0 Å². The van der Waals surface area contributed by atoms with E-state index in [1.54, 1.807) is 0 Å². The highest BCUT2D eigenvalue weighted by Crippen LogP contribution is 2.31. The van der Waals surface area contributed by atoms with Crippen LogP contribution in [0.2, 0.25) is 0 Å². The van der Waals surface area contributed by atoms with Crippen molar-refractivity contribution in [2.45, 2.75) is 62.6 Å². The molecule has 0 aromatic carbocycles. The SMILES string of the molecule is O=C(CSc1nnnn1C1CCCC1)N1CCCCCC1. The zero-order valence-corrected chi connectivity index (χ0v) is 13.2. The first kappa shape index (κ1) is 14.8. The average molecular weight is 309 g/mol. The average Bonchev–Trinajstić information content (AvgIpc) is 3.10. The van der Waals surface area contributed by atoms with Gasteiger partial charge in [-0.25, -0.2) is 4.68 Å². The van der Waals surface area contributed by atoms with Gasteiger partial charge in [-0.1, -0.05) is 37.4 Å². The Morgan fingerprint density at radius 3 is 2.52 bits per heavy atom. The van der Waals surface area contributed by atoms with Gasteiger partial charge in [-0.2, -0.15) is 0 Å². The van der Waals surface area contributed by atoms with Crippen LogP contribution >= 0.6 is 11.8 Å². The van der Waals surface area contributed by atoms with Crippen LogP contribution in [0.25, 0.3) is 0 Å². The molecule has 0 spiro atoms. The van der Waals surface area contributed by atoms with Crippen molar-refractivity contribution >= 4 is 17.7 Å². The van der Waals surface area contributed by atoms with E-state index in [1.807, 2.05) is 9.58 Å². The van der Waals surface area contributed by atoms with E-state index in [0.29, 0.717) is 11.8 Å². The summed E-state index contributed by atoms with van der Waals surface area (Å²) in [5.74, 6) is 0.676. The summed E-state index contributed by atoms with van der Waals surface area (Å²) in [7, 11) is 0. The van der Waals surface area contributed by atoms with Crippen molar-refractivity contribution in [2.24, 2.45) is 0 Å². The van der Waals surface area contributed by atoms with Gasteiger partial charge in [-0.15, -0.1) is 5.10 Å². The van der Waals surface area contributed by atoms with Crippen molar-refractivity contribution in [3.8, 4) is 0 Å². The first-order chi connectivity index (χ1) is 10.3. The molecule has 1 saturated carbocycles. The third-order valence-electron chi connectivity index (χ3n) is 4.42. The number of hydrogen-bond acceptors (Lipinski definition) is 5. The molecule has 1 saturated heterocycles. The number of likely N-dealkylation sites (tertiary alicyclic amines) is 1. The molecule has 0 N–H and O–H groups in total. The van der Waals surface area contributed by atoms with Crippen LogP contribution in [0.5, 0.6) is 0 Å². The summed E-state index contributed by atoms with van der Waals surface area (Å²) < 4.78 is 1.92. The van der Waals surface area contributed by atoms with E-state index in [-0.39, 0.29) is 5.91 Å². The highest BCUT2D eigenvalue weighted by atomic mass is 32.2. The van der Waals surface area contributed by atoms with Gasteiger partial charge in [0.05, 0.1) is 11.8 Å². The molecular weight excluding hydrogens is 286 g/mol. The summed E-state index contributed by atoms with van der Waals surface area (Å²) >= 11 is 1.48. The number of rotatable bonds is 4. The first-order valence-electron chi connectivity index (χ1n) is 8.03. The molecule has 7 heteroatoms. The number of nitrogens with zero attached hydrogens (tertiary/aromatic N) is 5. The van der Waals surface area contributed by atoms with Crippen LogP contribution in [0.1, 0.15) is 57.4 Å². The lowest BCUT2D eigenvalue weighted by molar-refractivity contribution is -0.128. The summed E-state index contributed by atoms with van der Waals surface area (Å²) in [6, 6.07) is 0.427. The van der Waals surface area contributed by atoms with E-state index in [1.165, 1.54) is 37.4 Å². The smallest absolute Gasteiger partial charge is 0.233 e. The maximum atomic E-state index is 12.3. The molecule has 0 bridgehead atoms. The molecule has 1 amide bonds. The fourth-order valence-electron chi connectivity index (χ4n) is 3.20. The van der Waals surface area contributed by atoms with Crippen LogP contribution < -0.4 is 0 Å². The van der Waals surface area contributed by atoms with Gasteiger partial charge in [0.2, 0.25) is 11.1 Å². The third kappa shape index (κ3) is 3.75. The van der Waals surface area contributed by atoms with Gasteiger partial charge in [-0.05, 0) is 36.1 Å². The van der Waals surface area contributed by atoms with Crippen LogP contribution in [0.3, 0.4) is 0 Å². The summed E-state index contributed by atoms with van der Waals surface area (Å²) in [5, 5.41) is 12.8. The fraction of sp³-hybridized carbons (Fsp3) is 0.857. The molecule has 2 aliphatic rings. The minimum atomic E-state index is 0.225. The van der Waals surface area contributed by atoms with E-state index in [4.69, 9.17) is 0 Å². The van der Waals surface area contributed by atoms with E-state index < -0.39 is 0 Å². The highest BCUT2D eigenvalue weighted by Gasteiger charge is 2.23. The van der Waals surface area contributed by atoms with Crippen LogP contribution in [-0.2, 0) is 4.79 Å². The van der Waals surface area contributed by atoms with Crippen molar-refractivity contribution in [1.82, 2.24) is 25.1 Å². The number of carbonyl (C=O) groups is 1. The maximum absolute atomic E-state index is 12.3. The molecule has 1 aliphatic heterocycles. The topological polar surface area (TPSA) is 63.9 Å². The molecule has 2 heterocycles. The number of tetrazole rings is 1. The van der Waals surface area contributed by atoms with Gasteiger partial charge >= 0.3 is 0 Å². The Kier molecular flexibility index (Phi) is 5.11. The van der Waals surface area contributed by atoms with Crippen LogP contribution in [0.15, 0.2) is 5.16 Å². The van der Waals surface area contributed by atoms with Crippen LogP contribution in [0.4, 0.5) is 0 Å². The van der Waals surface area contributed by atoms with Gasteiger partial charge < -0.3 is 4.90 Å². The molecule has 1 aromatic heterocycles. The molecule has 0 atom stereocenters. The summed E-state index contributed by atoms with van der Waals surface area (Å²) in [4.78, 5) is 14.3. The second-order valence-electron chi connectivity index (χ2n) is 5.93. The first-order valence-corrected chi connectivity index (χ1v) is 9.01. The van der Waals surface area contributed by atoms with E-state index in [0.717, 1.165) is 43.9 Å². The van der Waals surface area contributed by atoms with Gasteiger partial charge in [0.1, 0.15) is 0 Å². The molecule has 21 heavy (non-hydrogen) atoms. The minimum absolute atomic E-state index is 0.225. The molecule has 6 nitrogen and oxygen atoms in total. The zero-order chi connectivity index (χ0) is 14.5. The number of amides is 1. The van der Waals surface area contributed by atoms with Crippen LogP contribution in [0, 0.1) is 0 Å². The molecular formula is C14H23N5OS. The largest absolute Gasteiger partial charge is 0.342 e. The molecule has 3 rings (SSSR count). The molecule has 0 radical (unpaired) electrons. The predicted molar refractivity (Wildman–Crippen MR) is 81.1 cm³/mol. The quantitative estimate of drug-likeness (QED) is 0.798. The second kappa shape index (κ2) is 7.24. The number of hydrogen-bond donors (Lipinski definition) is 0. The Hall–Kier alpha value is -1.11. The lowest BCUT2D eigenvalue weighted by Crippen LogP contribution is -2.33. The minimum Gasteiger partial charge on any atom is -0.342 e. The Bertz CT molecular complexity index is 464. The van der Waals surface area contributed by atoms with Crippen LogP contribution in [-0.4, -0.2) is 49.9 Å². The monoisotopic (exact) mass is 309 g/mol. The van der Waals surface area contributed by atoms with E-state index in [9.17, 15) is 4.79 Å². The summed E-state index contributed by atoms with van der Waals surface area (Å²) in [6.45, 7) is 1.82. The molecule has 2 fully saturated rings. The molecule has 1 aliphatic carbocycles. The fourth-order valence-corrected chi connectivity index (χ4v) is 4.04. The van der Waals surface area contributed by atoms with Gasteiger partial charge in [0.15, 0.2) is 0 Å². The van der Waals surface area contributed by atoms with E-state index in [2.05, 4.69) is 15.5 Å². The maximum Gasteiger partial charge on any atom is 0.233 e. The highest BCUT2D eigenvalue weighted by molar-refractivity contribution is 7.99. The Morgan fingerprint density at radius 2 is 1.81 bits per heavy atom. The molecule has 0 unspecified atom stereocenters. The Labute approximate surface area is 129 Å². The Morgan fingerprint density at radius 1 is 1.10 bits per heavy atom. The van der Waals surface area contributed by atoms with Gasteiger partial charge in [0.25, 0.3) is 0 Å². The predicted octanol–water partition coefficient (Wildman–Crippen LogP) is 2.28. The van der Waals surface area contributed by atoms with Crippen molar-refractivity contribution in [2.75, 3.05) is 18.8 Å². The lowest BCUT2D eigenvalue weighted by atomic mass is 10.2. The summed E-state index contributed by atoms with van der Waals surface area (Å²) in [5.41, 5.74) is 0. The standard InChI is InChI=1S/C14H23N5OS/c20-13(18-9-5-1-2-6-10-18)11-21-14-15-16-17-19(14)12-7-3-4-8-12/h12H,1-11H2. The number of carbonyl (C=O) groups excluding carboxylic acids is 1. The third-order valence-corrected chi connectivity index (χ3v) is 5.33.